The molecule has 2 aliphatic rings. The lowest BCUT2D eigenvalue weighted by Crippen LogP contribution is -2.32. The zero-order valence-corrected chi connectivity index (χ0v) is 17.7. The lowest BCUT2D eigenvalue weighted by Gasteiger charge is -2.30. The van der Waals surface area contributed by atoms with Crippen LogP contribution in [0, 0.1) is 11.8 Å². The Kier molecular flexibility index (Phi) is 5.20. The Morgan fingerprint density at radius 2 is 1.93 bits per heavy atom. The quantitative estimate of drug-likeness (QED) is 0.583. The summed E-state index contributed by atoms with van der Waals surface area (Å²) in [7, 11) is 0. The summed E-state index contributed by atoms with van der Waals surface area (Å²) in [6.07, 6.45) is 9.02. The molecule has 1 unspecified atom stereocenters. The molecule has 0 radical (unpaired) electrons. The Labute approximate surface area is 178 Å². The second-order valence-corrected chi connectivity index (χ2v) is 9.43. The van der Waals surface area contributed by atoms with Gasteiger partial charge in [0.15, 0.2) is 0 Å². The number of nitrogens with zero attached hydrogens (tertiary/aromatic N) is 1. The Balaban J connectivity index is 1.35. The van der Waals surface area contributed by atoms with E-state index in [4.69, 9.17) is 5.73 Å². The van der Waals surface area contributed by atoms with Gasteiger partial charge >= 0.3 is 0 Å². The number of nitrogens with two attached hydrogens (primary N) is 1. The summed E-state index contributed by atoms with van der Waals surface area (Å²) in [5.41, 5.74) is 11.7. The molecular formula is C26H31N3O. The van der Waals surface area contributed by atoms with Crippen LogP contribution in [0.25, 0.3) is 22.3 Å². The number of nitrogens with one attached hydrogen (secondary N) is 1. The van der Waals surface area contributed by atoms with Gasteiger partial charge in [-0.2, -0.15) is 0 Å². The molecule has 2 fully saturated rings. The van der Waals surface area contributed by atoms with Gasteiger partial charge in [0.1, 0.15) is 11.4 Å². The number of hydrogen-bond donors (Lipinski definition) is 2. The predicted molar refractivity (Wildman–Crippen MR) is 121 cm³/mol. The van der Waals surface area contributed by atoms with E-state index >= 15 is 0 Å². The molecule has 5 rings (SSSR count). The number of Topliss-reactive ketones (excluding diaryl/α,β-unsaturated/α-hetero) is 1. The zero-order chi connectivity index (χ0) is 20.7. The van der Waals surface area contributed by atoms with E-state index < -0.39 is 0 Å². The van der Waals surface area contributed by atoms with E-state index in [9.17, 15) is 4.79 Å². The monoisotopic (exact) mass is 401 g/mol. The van der Waals surface area contributed by atoms with Crippen LogP contribution in [-0.2, 0) is 11.2 Å². The van der Waals surface area contributed by atoms with E-state index in [1.54, 1.807) is 0 Å². The highest BCUT2D eigenvalue weighted by molar-refractivity contribution is 5.91. The molecule has 0 aliphatic heterocycles. The minimum absolute atomic E-state index is 0.178. The van der Waals surface area contributed by atoms with E-state index in [1.807, 2.05) is 12.3 Å². The van der Waals surface area contributed by atoms with Crippen molar-refractivity contribution in [2.24, 2.45) is 17.6 Å². The fourth-order valence-corrected chi connectivity index (χ4v) is 5.07. The van der Waals surface area contributed by atoms with E-state index in [1.165, 1.54) is 24.0 Å². The number of hydrogen-bond acceptors (Lipinski definition) is 3. The van der Waals surface area contributed by atoms with Crippen molar-refractivity contribution < 1.29 is 4.79 Å². The highest BCUT2D eigenvalue weighted by Gasteiger charge is 2.28. The first-order chi connectivity index (χ1) is 14.6. The van der Waals surface area contributed by atoms with Crippen LogP contribution in [0.3, 0.4) is 0 Å². The molecule has 0 amide bonds. The summed E-state index contributed by atoms with van der Waals surface area (Å²) in [5, 5.41) is 1.07. The minimum Gasteiger partial charge on any atom is -0.339 e. The number of pyridine rings is 1. The van der Waals surface area contributed by atoms with Crippen LogP contribution in [0.2, 0.25) is 0 Å². The topological polar surface area (TPSA) is 71.8 Å². The average molecular weight is 402 g/mol. The number of aromatic amines is 1. The molecule has 2 aromatic heterocycles. The molecule has 156 valence electrons. The molecule has 1 aromatic carbocycles. The number of ketones is 1. The van der Waals surface area contributed by atoms with Gasteiger partial charge < -0.3 is 10.7 Å². The molecule has 1 atom stereocenters. The summed E-state index contributed by atoms with van der Waals surface area (Å²) in [6, 6.07) is 13.2. The molecule has 4 nitrogen and oxygen atoms in total. The van der Waals surface area contributed by atoms with Gasteiger partial charge in [-0.1, -0.05) is 18.2 Å². The van der Waals surface area contributed by atoms with Crippen LogP contribution in [0.5, 0.6) is 0 Å². The van der Waals surface area contributed by atoms with Gasteiger partial charge in [0.05, 0.1) is 0 Å². The SMILES string of the molecule is CC(N)C1CCC(C(=O)Cc2ccnc3[nH]c(-c4cccc(C5CC5)c4)cc23)CC1. The van der Waals surface area contributed by atoms with Gasteiger partial charge in [0, 0.05) is 35.7 Å². The fourth-order valence-electron chi connectivity index (χ4n) is 5.07. The van der Waals surface area contributed by atoms with Crippen LogP contribution >= 0.6 is 0 Å². The third-order valence-electron chi connectivity index (χ3n) is 7.20. The molecule has 3 aromatic rings. The fraction of sp³-hybridized carbons (Fsp3) is 0.462. The Morgan fingerprint density at radius 3 is 2.67 bits per heavy atom. The minimum atomic E-state index is 0.178. The number of rotatable bonds is 6. The standard InChI is InChI=1S/C26H31N3O/c1-16(27)17-5-9-19(10-6-17)25(30)14-21-11-12-28-26-23(21)15-24(29-26)22-4-2-3-20(13-22)18-7-8-18/h2-4,11-13,15-19H,5-10,14,27H2,1H3,(H,28,29). The number of carbonyl (C=O) groups is 1. The van der Waals surface area contributed by atoms with Crippen molar-refractivity contribution in [2.45, 2.75) is 63.8 Å². The van der Waals surface area contributed by atoms with Gasteiger partial charge in [0.25, 0.3) is 0 Å². The van der Waals surface area contributed by atoms with Crippen LogP contribution in [0.4, 0.5) is 0 Å². The van der Waals surface area contributed by atoms with Crippen molar-refractivity contribution in [1.29, 1.82) is 0 Å². The molecule has 30 heavy (non-hydrogen) atoms. The van der Waals surface area contributed by atoms with Crippen LogP contribution in [-0.4, -0.2) is 21.8 Å². The summed E-state index contributed by atoms with van der Waals surface area (Å²) in [6.45, 7) is 2.09. The number of H-pyrrole nitrogens is 1. The number of aromatic nitrogens is 2. The first kappa shape index (κ1) is 19.5. The normalized spacial score (nSPS) is 22.9. The molecule has 4 heteroatoms. The summed E-state index contributed by atoms with van der Waals surface area (Å²) < 4.78 is 0. The second kappa shape index (κ2) is 7.99. The smallest absolute Gasteiger partial charge is 0.140 e. The highest BCUT2D eigenvalue weighted by atomic mass is 16.1. The van der Waals surface area contributed by atoms with E-state index in [-0.39, 0.29) is 12.0 Å². The van der Waals surface area contributed by atoms with Crippen molar-refractivity contribution >= 4 is 16.8 Å². The zero-order valence-electron chi connectivity index (χ0n) is 17.7. The summed E-state index contributed by atoms with van der Waals surface area (Å²) in [5.74, 6) is 1.85. The average Bonchev–Trinajstić information content (AvgIpc) is 3.52. The lowest BCUT2D eigenvalue weighted by atomic mass is 9.76. The number of fused-ring (bicyclic) bond motifs is 1. The molecule has 2 saturated carbocycles. The van der Waals surface area contributed by atoms with Crippen LogP contribution in [0.15, 0.2) is 42.6 Å². The Morgan fingerprint density at radius 1 is 1.13 bits per heavy atom. The van der Waals surface area contributed by atoms with Gasteiger partial charge in [-0.3, -0.25) is 4.79 Å². The van der Waals surface area contributed by atoms with Gasteiger partial charge in [0.2, 0.25) is 0 Å². The lowest BCUT2D eigenvalue weighted by molar-refractivity contribution is -0.123. The van der Waals surface area contributed by atoms with E-state index in [0.29, 0.717) is 18.1 Å². The molecule has 3 N–H and O–H groups in total. The molecule has 2 heterocycles. The Bertz CT molecular complexity index is 1060. The van der Waals surface area contributed by atoms with Gasteiger partial charge in [-0.05, 0) is 92.2 Å². The van der Waals surface area contributed by atoms with E-state index in [0.717, 1.165) is 53.9 Å². The maximum absolute atomic E-state index is 13.0. The van der Waals surface area contributed by atoms with Crippen LogP contribution < -0.4 is 5.73 Å². The van der Waals surface area contributed by atoms with Crippen molar-refractivity contribution in [1.82, 2.24) is 9.97 Å². The molecular weight excluding hydrogens is 370 g/mol. The number of carbonyl (C=O) groups excluding carboxylic acids is 1. The van der Waals surface area contributed by atoms with Crippen molar-refractivity contribution in [3.05, 3.63) is 53.7 Å². The summed E-state index contributed by atoms with van der Waals surface area (Å²) in [4.78, 5) is 21.0. The predicted octanol–water partition coefficient (Wildman–Crippen LogP) is 5.37. The third kappa shape index (κ3) is 3.93. The van der Waals surface area contributed by atoms with Gasteiger partial charge in [-0.25, -0.2) is 4.98 Å². The van der Waals surface area contributed by atoms with Crippen LogP contribution in [0.1, 0.15) is 62.5 Å². The molecule has 0 spiro atoms. The molecule has 0 bridgehead atoms. The van der Waals surface area contributed by atoms with E-state index in [2.05, 4.69) is 47.2 Å². The third-order valence-corrected chi connectivity index (χ3v) is 7.20. The van der Waals surface area contributed by atoms with Crippen molar-refractivity contribution in [3.63, 3.8) is 0 Å². The van der Waals surface area contributed by atoms with Gasteiger partial charge in [-0.15, -0.1) is 0 Å². The van der Waals surface area contributed by atoms with Crippen molar-refractivity contribution in [3.8, 4) is 11.3 Å². The maximum Gasteiger partial charge on any atom is 0.140 e. The highest BCUT2D eigenvalue weighted by Crippen LogP contribution is 2.41. The number of benzene rings is 1. The van der Waals surface area contributed by atoms with Crippen molar-refractivity contribution in [2.75, 3.05) is 0 Å². The largest absolute Gasteiger partial charge is 0.339 e. The molecule has 0 saturated heterocycles. The second-order valence-electron chi connectivity index (χ2n) is 9.43. The summed E-state index contributed by atoms with van der Waals surface area (Å²) >= 11 is 0. The first-order valence-electron chi connectivity index (χ1n) is 11.4. The first-order valence-corrected chi connectivity index (χ1v) is 11.4. The maximum atomic E-state index is 13.0. The Hall–Kier alpha value is -2.46. The molecule has 2 aliphatic carbocycles.